The van der Waals surface area contributed by atoms with Crippen LogP contribution in [0.15, 0.2) is 17.0 Å². The van der Waals surface area contributed by atoms with Crippen molar-refractivity contribution in [3.05, 3.63) is 28.8 Å². The molecule has 0 saturated carbocycles. The maximum absolute atomic E-state index is 12.0. The molecule has 0 atom stereocenters. The summed E-state index contributed by atoms with van der Waals surface area (Å²) in [5.41, 5.74) is 8.29. The fourth-order valence-electron chi connectivity index (χ4n) is 1.65. The highest BCUT2D eigenvalue weighted by atomic mass is 32.2. The molecule has 0 unspecified atom stereocenters. The van der Waals surface area contributed by atoms with Crippen molar-refractivity contribution in [1.82, 2.24) is 0 Å². The maximum Gasteiger partial charge on any atom is 0.178 e. The summed E-state index contributed by atoms with van der Waals surface area (Å²) in [5, 5.41) is 0. The van der Waals surface area contributed by atoms with Crippen molar-refractivity contribution < 1.29 is 8.42 Å². The van der Waals surface area contributed by atoms with Crippen molar-refractivity contribution in [2.45, 2.75) is 32.1 Å². The van der Waals surface area contributed by atoms with Crippen molar-refractivity contribution in [2.24, 2.45) is 5.73 Å². The van der Waals surface area contributed by atoms with Crippen LogP contribution < -0.4 is 5.73 Å². The minimum atomic E-state index is -3.17. The van der Waals surface area contributed by atoms with Gasteiger partial charge < -0.3 is 5.73 Å². The molecule has 2 N–H and O–H groups in total. The number of hydrogen-bond acceptors (Lipinski definition) is 3. The molecule has 4 heteroatoms. The van der Waals surface area contributed by atoms with E-state index < -0.39 is 9.84 Å². The van der Waals surface area contributed by atoms with E-state index in [-0.39, 0.29) is 5.75 Å². The second kappa shape index (κ2) is 4.97. The Morgan fingerprint density at radius 1 is 1.06 bits per heavy atom. The first-order chi connectivity index (χ1) is 7.38. The Labute approximate surface area is 97.6 Å². The summed E-state index contributed by atoms with van der Waals surface area (Å²) in [4.78, 5) is 0.448. The first kappa shape index (κ1) is 13.2. The van der Waals surface area contributed by atoms with E-state index in [4.69, 9.17) is 5.73 Å². The smallest absolute Gasteiger partial charge is 0.178 e. The summed E-state index contributed by atoms with van der Waals surface area (Å²) in [6.45, 7) is 6.15. The molecule has 0 bridgehead atoms. The standard InChI is InChI=1S/C12H19NO2S/c1-9-7-11(3)12(8-10(9)2)16(14,15)6-4-5-13/h7-8H,4-6,13H2,1-3H3. The number of rotatable bonds is 4. The SMILES string of the molecule is Cc1cc(C)c(S(=O)(=O)CCCN)cc1C. The van der Waals surface area contributed by atoms with Gasteiger partial charge in [-0.2, -0.15) is 0 Å². The molecule has 1 aromatic carbocycles. The Hall–Kier alpha value is -0.870. The molecule has 0 aliphatic heterocycles. The molecule has 3 nitrogen and oxygen atoms in total. The molecule has 1 rings (SSSR count). The van der Waals surface area contributed by atoms with E-state index in [1.807, 2.05) is 26.8 Å². The monoisotopic (exact) mass is 241 g/mol. The van der Waals surface area contributed by atoms with Gasteiger partial charge in [-0.05, 0) is 56.5 Å². The van der Waals surface area contributed by atoms with Crippen LogP contribution in [0.25, 0.3) is 0 Å². The lowest BCUT2D eigenvalue weighted by atomic mass is 10.1. The van der Waals surface area contributed by atoms with Crippen LogP contribution in [0.4, 0.5) is 0 Å². The van der Waals surface area contributed by atoms with E-state index >= 15 is 0 Å². The lowest BCUT2D eigenvalue weighted by Gasteiger charge is -2.10. The van der Waals surface area contributed by atoms with Crippen LogP contribution in [-0.2, 0) is 9.84 Å². The molecule has 16 heavy (non-hydrogen) atoms. The number of sulfone groups is 1. The van der Waals surface area contributed by atoms with E-state index in [9.17, 15) is 8.42 Å². The summed E-state index contributed by atoms with van der Waals surface area (Å²) in [6.07, 6.45) is 0.509. The largest absolute Gasteiger partial charge is 0.330 e. The molecular formula is C12H19NO2S. The summed E-state index contributed by atoms with van der Waals surface area (Å²) < 4.78 is 24.0. The fourth-order valence-corrected chi connectivity index (χ4v) is 3.32. The molecule has 0 spiro atoms. The highest BCUT2D eigenvalue weighted by molar-refractivity contribution is 7.91. The lowest BCUT2D eigenvalue weighted by molar-refractivity contribution is 0.593. The molecule has 90 valence electrons. The van der Waals surface area contributed by atoms with Crippen LogP contribution in [0, 0.1) is 20.8 Å². The second-order valence-corrected chi connectivity index (χ2v) is 6.24. The van der Waals surface area contributed by atoms with Gasteiger partial charge in [0.25, 0.3) is 0 Å². The van der Waals surface area contributed by atoms with Crippen LogP contribution in [0.2, 0.25) is 0 Å². The molecular weight excluding hydrogens is 222 g/mol. The van der Waals surface area contributed by atoms with Gasteiger partial charge in [-0.25, -0.2) is 8.42 Å². The van der Waals surface area contributed by atoms with Gasteiger partial charge in [-0.1, -0.05) is 6.07 Å². The number of benzene rings is 1. The predicted octanol–water partition coefficient (Wildman–Crippen LogP) is 1.73. The van der Waals surface area contributed by atoms with Crippen LogP contribution in [0.5, 0.6) is 0 Å². The Morgan fingerprint density at radius 2 is 1.62 bits per heavy atom. The van der Waals surface area contributed by atoms with E-state index in [0.29, 0.717) is 17.9 Å². The topological polar surface area (TPSA) is 60.2 Å². The van der Waals surface area contributed by atoms with Crippen LogP contribution >= 0.6 is 0 Å². The second-order valence-electron chi connectivity index (χ2n) is 4.16. The van der Waals surface area contributed by atoms with Gasteiger partial charge in [-0.15, -0.1) is 0 Å². The van der Waals surface area contributed by atoms with E-state index in [1.165, 1.54) is 0 Å². The number of nitrogens with two attached hydrogens (primary N) is 1. The summed E-state index contributed by atoms with van der Waals surface area (Å²) in [5.74, 6) is 0.132. The Balaban J connectivity index is 3.18. The first-order valence-corrected chi connectivity index (χ1v) is 7.04. The van der Waals surface area contributed by atoms with E-state index in [1.54, 1.807) is 6.07 Å². The van der Waals surface area contributed by atoms with Gasteiger partial charge in [0.2, 0.25) is 0 Å². The fraction of sp³-hybridized carbons (Fsp3) is 0.500. The number of aryl methyl sites for hydroxylation is 3. The van der Waals surface area contributed by atoms with Gasteiger partial charge in [0.15, 0.2) is 9.84 Å². The molecule has 0 fully saturated rings. The van der Waals surface area contributed by atoms with Gasteiger partial charge in [-0.3, -0.25) is 0 Å². The third kappa shape index (κ3) is 2.83. The van der Waals surface area contributed by atoms with Crippen LogP contribution in [-0.4, -0.2) is 20.7 Å². The zero-order valence-corrected chi connectivity index (χ0v) is 10.9. The molecule has 0 saturated heterocycles. The first-order valence-electron chi connectivity index (χ1n) is 5.39. The van der Waals surface area contributed by atoms with E-state index in [0.717, 1.165) is 16.7 Å². The van der Waals surface area contributed by atoms with Crippen LogP contribution in [0.3, 0.4) is 0 Å². The average molecular weight is 241 g/mol. The normalized spacial score (nSPS) is 11.8. The Bertz CT molecular complexity index is 478. The Kier molecular flexibility index (Phi) is 4.10. The predicted molar refractivity (Wildman–Crippen MR) is 66.4 cm³/mol. The van der Waals surface area contributed by atoms with Gasteiger partial charge in [0.05, 0.1) is 10.6 Å². The van der Waals surface area contributed by atoms with Crippen molar-refractivity contribution in [2.75, 3.05) is 12.3 Å². The minimum Gasteiger partial charge on any atom is -0.330 e. The van der Waals surface area contributed by atoms with Crippen molar-refractivity contribution >= 4 is 9.84 Å². The van der Waals surface area contributed by atoms with Gasteiger partial charge in [0.1, 0.15) is 0 Å². The van der Waals surface area contributed by atoms with Gasteiger partial charge >= 0.3 is 0 Å². The van der Waals surface area contributed by atoms with Gasteiger partial charge in [0, 0.05) is 0 Å². The molecule has 0 radical (unpaired) electrons. The molecule has 0 aliphatic carbocycles. The maximum atomic E-state index is 12.0. The molecule has 0 amide bonds. The average Bonchev–Trinajstić information content (AvgIpc) is 2.20. The Morgan fingerprint density at radius 3 is 2.19 bits per heavy atom. The highest BCUT2D eigenvalue weighted by Gasteiger charge is 2.17. The van der Waals surface area contributed by atoms with Crippen LogP contribution in [0.1, 0.15) is 23.1 Å². The van der Waals surface area contributed by atoms with Crippen molar-refractivity contribution in [3.63, 3.8) is 0 Å². The van der Waals surface area contributed by atoms with Crippen molar-refractivity contribution in [3.8, 4) is 0 Å². The third-order valence-corrected chi connectivity index (χ3v) is 4.68. The molecule has 0 heterocycles. The summed E-state index contributed by atoms with van der Waals surface area (Å²) in [7, 11) is -3.17. The lowest BCUT2D eigenvalue weighted by Crippen LogP contribution is -2.13. The van der Waals surface area contributed by atoms with Crippen molar-refractivity contribution in [1.29, 1.82) is 0 Å². The minimum absolute atomic E-state index is 0.132. The third-order valence-electron chi connectivity index (χ3n) is 2.74. The summed E-state index contributed by atoms with van der Waals surface area (Å²) in [6, 6.07) is 3.68. The summed E-state index contributed by atoms with van der Waals surface area (Å²) >= 11 is 0. The quantitative estimate of drug-likeness (QED) is 0.873. The highest BCUT2D eigenvalue weighted by Crippen LogP contribution is 2.21. The van der Waals surface area contributed by atoms with E-state index in [2.05, 4.69) is 0 Å². The molecule has 1 aromatic rings. The zero-order valence-electron chi connectivity index (χ0n) is 10.1. The number of hydrogen-bond donors (Lipinski definition) is 1. The molecule has 0 aliphatic rings. The zero-order chi connectivity index (χ0) is 12.3. The molecule has 0 aromatic heterocycles.